The summed E-state index contributed by atoms with van der Waals surface area (Å²) in [6.07, 6.45) is 1.50. The molecule has 0 N–H and O–H groups in total. The molecule has 1 aromatic rings. The predicted molar refractivity (Wildman–Crippen MR) is 54.4 cm³/mol. The van der Waals surface area contributed by atoms with E-state index >= 15 is 0 Å². The van der Waals surface area contributed by atoms with Gasteiger partial charge in [-0.15, -0.1) is 0 Å². The molecular weight excluding hydrogens is 165 g/mol. The fourth-order valence-corrected chi connectivity index (χ4v) is 1.23. The van der Waals surface area contributed by atoms with E-state index in [4.69, 9.17) is 0 Å². The van der Waals surface area contributed by atoms with Crippen LogP contribution in [0, 0.1) is 12.9 Å². The molecule has 13 heavy (non-hydrogen) atoms. The molecule has 0 aliphatic heterocycles. The quantitative estimate of drug-likeness (QED) is 0.605. The lowest BCUT2D eigenvalue weighted by molar-refractivity contribution is 0.554. The number of aromatic nitrogens is 1. The number of nitrogens with zero attached hydrogens (tertiary/aromatic N) is 1. The van der Waals surface area contributed by atoms with Gasteiger partial charge < -0.3 is 0 Å². The minimum atomic E-state index is -0.333. The van der Waals surface area contributed by atoms with Gasteiger partial charge in [-0.05, 0) is 24.5 Å². The van der Waals surface area contributed by atoms with Gasteiger partial charge in [0, 0.05) is 11.8 Å². The van der Waals surface area contributed by atoms with E-state index < -0.39 is 0 Å². The molecule has 1 nitrogen and oxygen atoms in total. The standard InChI is InChI=1S/C9H12FN.C2H6/c1-6(2)8-7(3)4-5-11-9(8)10;1-2/h4-6H,1-3H3;1-2H3. The van der Waals surface area contributed by atoms with Crippen LogP contribution >= 0.6 is 0 Å². The first-order valence-electron chi connectivity index (χ1n) is 4.74. The summed E-state index contributed by atoms with van der Waals surface area (Å²) in [6, 6.07) is 1.83. The maximum Gasteiger partial charge on any atom is 0.216 e. The molecule has 0 fully saturated rings. The minimum Gasteiger partial charge on any atom is -0.228 e. The van der Waals surface area contributed by atoms with Crippen LogP contribution in [-0.4, -0.2) is 4.98 Å². The highest BCUT2D eigenvalue weighted by molar-refractivity contribution is 5.25. The van der Waals surface area contributed by atoms with Crippen LogP contribution in [0.3, 0.4) is 0 Å². The van der Waals surface area contributed by atoms with Crippen LogP contribution in [0.25, 0.3) is 0 Å². The Morgan fingerprint density at radius 2 is 1.85 bits per heavy atom. The van der Waals surface area contributed by atoms with E-state index in [9.17, 15) is 4.39 Å². The number of hydrogen-bond acceptors (Lipinski definition) is 1. The second-order valence-electron chi connectivity index (χ2n) is 2.99. The van der Waals surface area contributed by atoms with Crippen LogP contribution < -0.4 is 0 Å². The summed E-state index contributed by atoms with van der Waals surface area (Å²) in [5, 5.41) is 0. The van der Waals surface area contributed by atoms with Crippen LogP contribution in [0.1, 0.15) is 44.7 Å². The SMILES string of the molecule is CC.Cc1ccnc(F)c1C(C)C. The van der Waals surface area contributed by atoms with Crippen LogP contribution in [0.2, 0.25) is 0 Å². The second-order valence-corrected chi connectivity index (χ2v) is 2.99. The van der Waals surface area contributed by atoms with E-state index in [1.165, 1.54) is 6.20 Å². The molecule has 1 aromatic heterocycles. The summed E-state index contributed by atoms with van der Waals surface area (Å²) in [4.78, 5) is 3.59. The van der Waals surface area contributed by atoms with Gasteiger partial charge in [-0.3, -0.25) is 0 Å². The molecule has 0 aromatic carbocycles. The summed E-state index contributed by atoms with van der Waals surface area (Å²) in [5.74, 6) is -0.122. The molecule has 0 amide bonds. The molecular formula is C11H18FN. The molecule has 1 rings (SSSR count). The second kappa shape index (κ2) is 5.68. The molecule has 0 atom stereocenters. The van der Waals surface area contributed by atoms with Crippen molar-refractivity contribution in [1.29, 1.82) is 0 Å². The zero-order valence-corrected chi connectivity index (χ0v) is 9.06. The molecule has 0 aliphatic rings. The third-order valence-electron chi connectivity index (χ3n) is 1.74. The van der Waals surface area contributed by atoms with Gasteiger partial charge in [-0.25, -0.2) is 4.98 Å². The van der Waals surface area contributed by atoms with E-state index in [1.54, 1.807) is 0 Å². The highest BCUT2D eigenvalue weighted by atomic mass is 19.1. The maximum atomic E-state index is 13.0. The zero-order valence-electron chi connectivity index (χ0n) is 9.06. The van der Waals surface area contributed by atoms with Gasteiger partial charge in [0.25, 0.3) is 0 Å². The predicted octanol–water partition coefficient (Wildman–Crippen LogP) is 3.68. The number of halogens is 1. The Kier molecular flexibility index (Phi) is 5.28. The first-order chi connectivity index (χ1) is 6.13. The van der Waals surface area contributed by atoms with E-state index in [0.717, 1.165) is 11.1 Å². The Labute approximate surface area is 80.0 Å². The molecule has 2 heteroatoms. The largest absolute Gasteiger partial charge is 0.228 e. The first kappa shape index (κ1) is 12.1. The van der Waals surface area contributed by atoms with Gasteiger partial charge in [-0.1, -0.05) is 27.7 Å². The van der Waals surface area contributed by atoms with Crippen molar-refractivity contribution in [1.82, 2.24) is 4.98 Å². The van der Waals surface area contributed by atoms with Crippen molar-refractivity contribution < 1.29 is 4.39 Å². The van der Waals surface area contributed by atoms with E-state index in [1.807, 2.05) is 40.7 Å². The summed E-state index contributed by atoms with van der Waals surface area (Å²) in [7, 11) is 0. The fraction of sp³-hybridized carbons (Fsp3) is 0.545. The van der Waals surface area contributed by atoms with Crippen LogP contribution in [0.5, 0.6) is 0 Å². The van der Waals surface area contributed by atoms with E-state index in [2.05, 4.69) is 4.98 Å². The Hall–Kier alpha value is -0.920. The Morgan fingerprint density at radius 1 is 1.31 bits per heavy atom. The van der Waals surface area contributed by atoms with Gasteiger partial charge >= 0.3 is 0 Å². The molecule has 0 spiro atoms. The highest BCUT2D eigenvalue weighted by Crippen LogP contribution is 2.19. The Bertz CT molecular complexity index is 236. The molecule has 0 bridgehead atoms. The van der Waals surface area contributed by atoms with E-state index in [0.29, 0.717) is 0 Å². The van der Waals surface area contributed by atoms with Gasteiger partial charge in [-0.2, -0.15) is 4.39 Å². The Morgan fingerprint density at radius 3 is 2.15 bits per heavy atom. The number of aryl methyl sites for hydroxylation is 1. The topological polar surface area (TPSA) is 12.9 Å². The van der Waals surface area contributed by atoms with Crippen LogP contribution in [0.4, 0.5) is 4.39 Å². The van der Waals surface area contributed by atoms with Gasteiger partial charge in [0.2, 0.25) is 5.95 Å². The van der Waals surface area contributed by atoms with Gasteiger partial charge in [0.1, 0.15) is 0 Å². The lowest BCUT2D eigenvalue weighted by atomic mass is 10.0. The zero-order chi connectivity index (χ0) is 10.4. The van der Waals surface area contributed by atoms with Crippen molar-refractivity contribution in [3.05, 3.63) is 29.3 Å². The number of rotatable bonds is 1. The molecule has 74 valence electrons. The monoisotopic (exact) mass is 183 g/mol. The summed E-state index contributed by atoms with van der Waals surface area (Å²) in [5.41, 5.74) is 1.71. The lowest BCUT2D eigenvalue weighted by Gasteiger charge is -2.08. The molecule has 0 radical (unpaired) electrons. The first-order valence-corrected chi connectivity index (χ1v) is 4.74. The summed E-state index contributed by atoms with van der Waals surface area (Å²) < 4.78 is 13.0. The van der Waals surface area contributed by atoms with Crippen molar-refractivity contribution in [2.45, 2.75) is 40.5 Å². The summed E-state index contributed by atoms with van der Waals surface area (Å²) >= 11 is 0. The van der Waals surface area contributed by atoms with Crippen LogP contribution in [-0.2, 0) is 0 Å². The third kappa shape index (κ3) is 3.13. The fourth-order valence-electron chi connectivity index (χ4n) is 1.23. The molecule has 0 saturated heterocycles. The average molecular weight is 183 g/mol. The van der Waals surface area contributed by atoms with E-state index in [-0.39, 0.29) is 11.9 Å². The molecule has 0 aliphatic carbocycles. The number of hydrogen-bond donors (Lipinski definition) is 0. The van der Waals surface area contributed by atoms with Crippen LogP contribution in [0.15, 0.2) is 12.3 Å². The Balaban J connectivity index is 0.000000671. The maximum absolute atomic E-state index is 13.0. The van der Waals surface area contributed by atoms with Gasteiger partial charge in [0.15, 0.2) is 0 Å². The highest BCUT2D eigenvalue weighted by Gasteiger charge is 2.09. The smallest absolute Gasteiger partial charge is 0.216 e. The van der Waals surface area contributed by atoms with Gasteiger partial charge in [0.05, 0.1) is 0 Å². The van der Waals surface area contributed by atoms with Crippen molar-refractivity contribution >= 4 is 0 Å². The lowest BCUT2D eigenvalue weighted by Crippen LogP contribution is -1.98. The average Bonchev–Trinajstić information content (AvgIpc) is 2.07. The summed E-state index contributed by atoms with van der Waals surface area (Å²) in [6.45, 7) is 9.83. The van der Waals surface area contributed by atoms with Crippen molar-refractivity contribution in [3.8, 4) is 0 Å². The minimum absolute atomic E-state index is 0.212. The number of pyridine rings is 1. The normalized spacial score (nSPS) is 9.46. The van der Waals surface area contributed by atoms with Crippen molar-refractivity contribution in [3.63, 3.8) is 0 Å². The third-order valence-corrected chi connectivity index (χ3v) is 1.74. The van der Waals surface area contributed by atoms with Crippen molar-refractivity contribution in [2.24, 2.45) is 0 Å². The molecule has 0 unspecified atom stereocenters. The van der Waals surface area contributed by atoms with Crippen molar-refractivity contribution in [2.75, 3.05) is 0 Å². The molecule has 0 saturated carbocycles. The molecule has 1 heterocycles.